The number of aliphatic carboxylic acids is 1. The molecule has 0 saturated carbocycles. The molecule has 0 aromatic carbocycles. The van der Waals surface area contributed by atoms with Gasteiger partial charge in [0.05, 0.1) is 34.4 Å². The molecule has 2 atom stereocenters. The molecule has 0 rings (SSSR count). The lowest BCUT2D eigenvalue weighted by molar-refractivity contribution is -0.887. The molecule has 8 nitrogen and oxygen atoms in total. The van der Waals surface area contributed by atoms with Gasteiger partial charge in [-0.15, -0.1) is 0 Å². The topological polar surface area (TPSA) is 99.1 Å². The van der Waals surface area contributed by atoms with Crippen molar-refractivity contribution in [3.63, 3.8) is 0 Å². The van der Waals surface area contributed by atoms with Crippen LogP contribution >= 0.6 is 0 Å². The van der Waals surface area contributed by atoms with Crippen LogP contribution in [0.3, 0.4) is 0 Å². The zero-order chi connectivity index (χ0) is 37.8. The van der Waals surface area contributed by atoms with Gasteiger partial charge in [-0.05, 0) is 32.1 Å². The van der Waals surface area contributed by atoms with Gasteiger partial charge in [-0.25, -0.2) is 4.79 Å². The quantitative estimate of drug-likeness (QED) is 0.0293. The number of ether oxygens (including phenoxy) is 3. The second kappa shape index (κ2) is 35.1. The smallest absolute Gasteiger partial charge is 0.362 e. The summed E-state index contributed by atoms with van der Waals surface area (Å²) >= 11 is 0. The lowest BCUT2D eigenvalue weighted by atomic mass is 10.0. The summed E-state index contributed by atoms with van der Waals surface area (Å²) in [6.45, 7) is 4.69. The number of likely N-dealkylation sites (N-methyl/N-ethyl adjacent to an activating group) is 1. The first-order valence-electron chi connectivity index (χ1n) is 21.2. The molecule has 0 radical (unpaired) electrons. The summed E-state index contributed by atoms with van der Waals surface area (Å²) in [6, 6.07) is -0.612. The standard InChI is InChI=1S/C43H81NO7/c1-6-8-10-12-14-16-17-18-19-20-21-22-23-24-26-28-30-32-34-42(46)51-39(37-49-36-35-40(43(47)48)44(3,4)5)38-50-41(45)33-31-29-27-25-15-13-11-9-7-2/h25,27,39-40H,6-24,26,28-38H2,1-5H3/p+1/b27-25+. The van der Waals surface area contributed by atoms with E-state index in [0.29, 0.717) is 25.7 Å². The Bertz CT molecular complexity index is 854. The van der Waals surface area contributed by atoms with Crippen molar-refractivity contribution in [2.75, 3.05) is 41.0 Å². The average molecular weight is 725 g/mol. The molecule has 2 unspecified atom stereocenters. The van der Waals surface area contributed by atoms with E-state index in [1.807, 2.05) is 21.1 Å². The van der Waals surface area contributed by atoms with Crippen LogP contribution in [0.15, 0.2) is 12.2 Å². The fourth-order valence-electron chi connectivity index (χ4n) is 6.33. The maximum atomic E-state index is 12.7. The van der Waals surface area contributed by atoms with E-state index in [9.17, 15) is 19.5 Å². The van der Waals surface area contributed by atoms with Gasteiger partial charge in [0.1, 0.15) is 6.61 Å². The number of quaternary nitrogens is 1. The van der Waals surface area contributed by atoms with Gasteiger partial charge in [-0.3, -0.25) is 9.59 Å². The first-order chi connectivity index (χ1) is 24.6. The number of carbonyl (C=O) groups is 3. The number of unbranched alkanes of at least 4 members (excludes halogenated alkanes) is 22. The van der Waals surface area contributed by atoms with E-state index < -0.39 is 18.1 Å². The molecule has 0 aromatic rings. The molecule has 0 bridgehead atoms. The van der Waals surface area contributed by atoms with Crippen molar-refractivity contribution in [3.05, 3.63) is 12.2 Å². The van der Waals surface area contributed by atoms with Crippen molar-refractivity contribution in [2.24, 2.45) is 0 Å². The summed E-state index contributed by atoms with van der Waals surface area (Å²) in [5.41, 5.74) is 0. The van der Waals surface area contributed by atoms with Crippen LogP contribution in [0.1, 0.15) is 194 Å². The van der Waals surface area contributed by atoms with Crippen molar-refractivity contribution in [2.45, 2.75) is 206 Å². The molecule has 0 spiro atoms. The highest BCUT2D eigenvalue weighted by molar-refractivity contribution is 5.72. The Hall–Kier alpha value is -1.93. The third-order valence-electron chi connectivity index (χ3n) is 9.66. The van der Waals surface area contributed by atoms with Crippen LogP contribution in [0.4, 0.5) is 0 Å². The number of esters is 2. The zero-order valence-electron chi connectivity index (χ0n) is 34.1. The van der Waals surface area contributed by atoms with Crippen molar-refractivity contribution < 1.29 is 38.2 Å². The number of rotatable bonds is 38. The summed E-state index contributed by atoms with van der Waals surface area (Å²) < 4.78 is 17.2. The minimum atomic E-state index is -0.876. The monoisotopic (exact) mass is 725 g/mol. The fourth-order valence-corrected chi connectivity index (χ4v) is 6.33. The van der Waals surface area contributed by atoms with Crippen LogP contribution in [0.25, 0.3) is 0 Å². The van der Waals surface area contributed by atoms with E-state index in [0.717, 1.165) is 32.1 Å². The SMILES string of the molecule is CCCCCC/C=C/CCCC(=O)OCC(COCCC(C(=O)O)[N+](C)(C)C)OC(=O)CCCCCCCCCCCCCCCCCCCC. The van der Waals surface area contributed by atoms with Gasteiger partial charge in [-0.1, -0.05) is 154 Å². The van der Waals surface area contributed by atoms with Crippen molar-refractivity contribution >= 4 is 17.9 Å². The molecule has 0 heterocycles. The second-order valence-electron chi connectivity index (χ2n) is 15.6. The van der Waals surface area contributed by atoms with Crippen molar-refractivity contribution in [1.29, 1.82) is 0 Å². The Morgan fingerprint density at radius 3 is 1.47 bits per heavy atom. The molecule has 0 saturated heterocycles. The minimum Gasteiger partial charge on any atom is -0.477 e. The predicted molar refractivity (Wildman–Crippen MR) is 211 cm³/mol. The summed E-state index contributed by atoms with van der Waals surface area (Å²) in [7, 11) is 5.52. The van der Waals surface area contributed by atoms with Crippen LogP contribution in [0.5, 0.6) is 0 Å². The Balaban J connectivity index is 4.28. The molecular formula is C43H82NO7+. The molecular weight excluding hydrogens is 642 g/mol. The van der Waals surface area contributed by atoms with E-state index in [4.69, 9.17) is 14.2 Å². The summed E-state index contributed by atoms with van der Waals surface area (Å²) in [6.07, 6.45) is 35.5. The van der Waals surface area contributed by atoms with Crippen molar-refractivity contribution in [3.8, 4) is 0 Å². The number of carbonyl (C=O) groups excluding carboxylic acids is 2. The maximum absolute atomic E-state index is 12.7. The lowest BCUT2D eigenvalue weighted by Crippen LogP contribution is -2.50. The molecule has 8 heteroatoms. The third kappa shape index (κ3) is 33.6. The van der Waals surface area contributed by atoms with Crippen LogP contribution in [-0.4, -0.2) is 80.6 Å². The van der Waals surface area contributed by atoms with Gasteiger partial charge < -0.3 is 23.8 Å². The largest absolute Gasteiger partial charge is 0.477 e. The lowest BCUT2D eigenvalue weighted by Gasteiger charge is -2.31. The molecule has 0 aromatic heterocycles. The molecule has 1 N–H and O–H groups in total. The number of allylic oxidation sites excluding steroid dienone is 2. The molecule has 0 amide bonds. The van der Waals surface area contributed by atoms with E-state index in [1.54, 1.807) is 0 Å². The van der Waals surface area contributed by atoms with Crippen LogP contribution in [-0.2, 0) is 28.6 Å². The Labute approximate surface area is 314 Å². The minimum absolute atomic E-state index is 0.0579. The second-order valence-corrected chi connectivity index (χ2v) is 15.6. The summed E-state index contributed by atoms with van der Waals surface area (Å²) in [4.78, 5) is 36.8. The van der Waals surface area contributed by atoms with Crippen LogP contribution in [0.2, 0.25) is 0 Å². The Kier molecular flexibility index (Phi) is 33.8. The van der Waals surface area contributed by atoms with E-state index in [1.165, 1.54) is 122 Å². The maximum Gasteiger partial charge on any atom is 0.362 e. The van der Waals surface area contributed by atoms with Gasteiger partial charge >= 0.3 is 17.9 Å². The predicted octanol–water partition coefficient (Wildman–Crippen LogP) is 11.1. The highest BCUT2D eigenvalue weighted by atomic mass is 16.6. The zero-order valence-corrected chi connectivity index (χ0v) is 34.1. The summed E-state index contributed by atoms with van der Waals surface area (Å²) in [5, 5.41) is 9.59. The normalized spacial score (nSPS) is 13.0. The van der Waals surface area contributed by atoms with Gasteiger partial charge in [0.25, 0.3) is 0 Å². The molecule has 0 aliphatic rings. The van der Waals surface area contributed by atoms with Crippen LogP contribution < -0.4 is 0 Å². The third-order valence-corrected chi connectivity index (χ3v) is 9.66. The highest BCUT2D eigenvalue weighted by Crippen LogP contribution is 2.15. The number of hydrogen-bond acceptors (Lipinski definition) is 6. The Morgan fingerprint density at radius 1 is 0.569 bits per heavy atom. The van der Waals surface area contributed by atoms with Crippen molar-refractivity contribution in [1.82, 2.24) is 0 Å². The van der Waals surface area contributed by atoms with Gasteiger partial charge in [-0.2, -0.15) is 0 Å². The fraction of sp³-hybridized carbons (Fsp3) is 0.884. The van der Waals surface area contributed by atoms with Gasteiger partial charge in [0, 0.05) is 19.3 Å². The van der Waals surface area contributed by atoms with Gasteiger partial charge in [0.15, 0.2) is 12.1 Å². The number of hydrogen-bond donors (Lipinski definition) is 1. The Morgan fingerprint density at radius 2 is 1.00 bits per heavy atom. The van der Waals surface area contributed by atoms with Crippen LogP contribution in [0, 0.1) is 0 Å². The van der Waals surface area contributed by atoms with E-state index in [2.05, 4.69) is 26.0 Å². The first-order valence-corrected chi connectivity index (χ1v) is 21.2. The van der Waals surface area contributed by atoms with E-state index >= 15 is 0 Å². The summed E-state index contributed by atoms with van der Waals surface area (Å²) in [5.74, 6) is -1.50. The number of carboxylic acid groups (broad SMARTS) is 1. The average Bonchev–Trinajstić information content (AvgIpc) is 3.08. The highest BCUT2D eigenvalue weighted by Gasteiger charge is 2.31. The molecule has 0 aliphatic carbocycles. The first kappa shape index (κ1) is 49.1. The molecule has 0 fully saturated rings. The molecule has 300 valence electrons. The number of nitrogens with zero attached hydrogens (tertiary/aromatic N) is 1. The van der Waals surface area contributed by atoms with E-state index in [-0.39, 0.29) is 36.2 Å². The molecule has 51 heavy (non-hydrogen) atoms. The molecule has 0 aliphatic heterocycles. The number of carboxylic acids is 1. The van der Waals surface area contributed by atoms with Gasteiger partial charge in [0.2, 0.25) is 0 Å².